The van der Waals surface area contributed by atoms with Gasteiger partial charge in [0.15, 0.2) is 0 Å². The molecule has 1 aromatic carbocycles. The van der Waals surface area contributed by atoms with E-state index in [-0.39, 0.29) is 18.4 Å². The number of carbonyl (C=O) groups is 1. The minimum absolute atomic E-state index is 0.0781. The van der Waals surface area contributed by atoms with E-state index in [2.05, 4.69) is 15.2 Å². The van der Waals surface area contributed by atoms with Crippen molar-refractivity contribution in [1.29, 1.82) is 0 Å². The van der Waals surface area contributed by atoms with E-state index >= 15 is 0 Å². The number of pyridine rings is 1. The molecule has 2 aromatic rings. The third-order valence-corrected chi connectivity index (χ3v) is 6.38. The lowest BCUT2D eigenvalue weighted by atomic mass is 9.78. The molecular weight excluding hydrogens is 418 g/mol. The maximum Gasteiger partial charge on any atom is 0.225 e. The number of nitrogens with one attached hydrogen (secondary N) is 1. The molecule has 7 nitrogen and oxygen atoms in total. The number of carbonyl (C=O) groups excluding carboxylic acids is 1. The largest absolute Gasteiger partial charge is 0.497 e. The molecule has 0 spiro atoms. The molecular formula is C26H37N3O4. The van der Waals surface area contributed by atoms with Gasteiger partial charge in [0.1, 0.15) is 17.1 Å². The van der Waals surface area contributed by atoms with Crippen molar-refractivity contribution < 1.29 is 19.4 Å². The molecule has 0 saturated carbocycles. The number of rotatable bonds is 8. The third-order valence-electron chi connectivity index (χ3n) is 6.38. The van der Waals surface area contributed by atoms with Crippen LogP contribution < -0.4 is 14.8 Å². The smallest absolute Gasteiger partial charge is 0.225 e. The van der Waals surface area contributed by atoms with Gasteiger partial charge in [-0.15, -0.1) is 0 Å². The predicted molar refractivity (Wildman–Crippen MR) is 128 cm³/mol. The number of ether oxygens (including phenoxy) is 2. The van der Waals surface area contributed by atoms with E-state index in [4.69, 9.17) is 9.47 Å². The summed E-state index contributed by atoms with van der Waals surface area (Å²) >= 11 is 0. The summed E-state index contributed by atoms with van der Waals surface area (Å²) in [5.74, 6) is 1.37. The SMILES string of the molecule is COc1ccc(CN2CCC[C@H]([C@](O)(CNC(=O)C(C)(C)C)c3ccccn3)C2)c(OC)c1. The van der Waals surface area contributed by atoms with Crippen LogP contribution >= 0.6 is 0 Å². The molecule has 33 heavy (non-hydrogen) atoms. The summed E-state index contributed by atoms with van der Waals surface area (Å²) in [6.45, 7) is 8.05. The molecule has 1 aliphatic rings. The van der Waals surface area contributed by atoms with Gasteiger partial charge in [-0.25, -0.2) is 0 Å². The maximum atomic E-state index is 12.6. The Morgan fingerprint density at radius 1 is 1.21 bits per heavy atom. The monoisotopic (exact) mass is 455 g/mol. The number of hydrogen-bond acceptors (Lipinski definition) is 6. The average molecular weight is 456 g/mol. The van der Waals surface area contributed by atoms with Gasteiger partial charge in [-0.2, -0.15) is 0 Å². The van der Waals surface area contributed by atoms with E-state index in [1.807, 2.05) is 57.2 Å². The second kappa shape index (κ2) is 10.5. The summed E-state index contributed by atoms with van der Waals surface area (Å²) in [4.78, 5) is 19.4. The zero-order valence-corrected chi connectivity index (χ0v) is 20.4. The molecule has 0 aliphatic carbocycles. The summed E-state index contributed by atoms with van der Waals surface area (Å²) in [6, 6.07) is 11.4. The van der Waals surface area contributed by atoms with Gasteiger partial charge in [0.25, 0.3) is 0 Å². The number of aliphatic hydroxyl groups is 1. The van der Waals surface area contributed by atoms with Crippen molar-refractivity contribution in [3.63, 3.8) is 0 Å². The van der Waals surface area contributed by atoms with Gasteiger partial charge in [-0.1, -0.05) is 32.9 Å². The van der Waals surface area contributed by atoms with Gasteiger partial charge in [-0.3, -0.25) is 14.7 Å². The zero-order valence-electron chi connectivity index (χ0n) is 20.4. The van der Waals surface area contributed by atoms with Crippen LogP contribution in [0.5, 0.6) is 11.5 Å². The Kier molecular flexibility index (Phi) is 7.97. The standard InChI is InChI=1S/C26H37N3O4/c1-25(2,3)24(30)28-18-26(31,23-10-6-7-13-27-23)20-9-8-14-29(17-20)16-19-11-12-21(32-4)15-22(19)33-5/h6-7,10-13,15,20,31H,8-9,14,16-18H2,1-5H3,(H,28,30)/t20-,26+/m0/s1. The molecule has 3 rings (SSSR count). The van der Waals surface area contributed by atoms with Crippen LogP contribution in [0.2, 0.25) is 0 Å². The second-order valence-corrected chi connectivity index (χ2v) is 9.82. The first-order valence-corrected chi connectivity index (χ1v) is 11.5. The van der Waals surface area contributed by atoms with Crippen LogP contribution in [0, 0.1) is 11.3 Å². The lowest BCUT2D eigenvalue weighted by Crippen LogP contribution is -2.53. The number of methoxy groups -OCH3 is 2. The quantitative estimate of drug-likeness (QED) is 0.635. The van der Waals surface area contributed by atoms with Crippen molar-refractivity contribution in [2.45, 2.75) is 45.8 Å². The van der Waals surface area contributed by atoms with E-state index < -0.39 is 11.0 Å². The van der Waals surface area contributed by atoms with Crippen molar-refractivity contribution >= 4 is 5.91 Å². The van der Waals surface area contributed by atoms with Crippen molar-refractivity contribution in [3.8, 4) is 11.5 Å². The third kappa shape index (κ3) is 6.03. The van der Waals surface area contributed by atoms with E-state index in [0.717, 1.165) is 36.4 Å². The summed E-state index contributed by atoms with van der Waals surface area (Å²) in [5.41, 5.74) is -0.131. The summed E-state index contributed by atoms with van der Waals surface area (Å²) in [6.07, 6.45) is 3.49. The number of hydrogen-bond donors (Lipinski definition) is 2. The Morgan fingerprint density at radius 3 is 2.64 bits per heavy atom. The fourth-order valence-electron chi connectivity index (χ4n) is 4.36. The van der Waals surface area contributed by atoms with Gasteiger partial charge < -0.3 is 19.9 Å². The lowest BCUT2D eigenvalue weighted by Gasteiger charge is -2.42. The van der Waals surface area contributed by atoms with Crippen molar-refractivity contribution in [1.82, 2.24) is 15.2 Å². The molecule has 1 fully saturated rings. The highest BCUT2D eigenvalue weighted by atomic mass is 16.5. The van der Waals surface area contributed by atoms with Gasteiger partial charge in [0.2, 0.25) is 5.91 Å². The topological polar surface area (TPSA) is 83.9 Å². The molecule has 1 aromatic heterocycles. The molecule has 1 amide bonds. The van der Waals surface area contributed by atoms with Crippen molar-refractivity contribution in [2.24, 2.45) is 11.3 Å². The highest BCUT2D eigenvalue weighted by Crippen LogP contribution is 2.36. The van der Waals surface area contributed by atoms with Gasteiger partial charge >= 0.3 is 0 Å². The van der Waals surface area contributed by atoms with E-state index in [0.29, 0.717) is 18.8 Å². The first-order valence-electron chi connectivity index (χ1n) is 11.5. The van der Waals surface area contributed by atoms with Crippen LogP contribution in [0.15, 0.2) is 42.6 Å². The van der Waals surface area contributed by atoms with Crippen LogP contribution in [0.4, 0.5) is 0 Å². The number of benzene rings is 1. The van der Waals surface area contributed by atoms with Crippen LogP contribution in [0.25, 0.3) is 0 Å². The zero-order chi connectivity index (χ0) is 24.1. The van der Waals surface area contributed by atoms with Crippen LogP contribution in [-0.2, 0) is 16.9 Å². The lowest BCUT2D eigenvalue weighted by molar-refractivity contribution is -0.131. The number of aromatic nitrogens is 1. The molecule has 1 saturated heterocycles. The van der Waals surface area contributed by atoms with Crippen LogP contribution in [-0.4, -0.2) is 54.8 Å². The summed E-state index contributed by atoms with van der Waals surface area (Å²) < 4.78 is 10.9. The number of amides is 1. The molecule has 0 bridgehead atoms. The van der Waals surface area contributed by atoms with Crippen LogP contribution in [0.1, 0.15) is 44.9 Å². The predicted octanol–water partition coefficient (Wildman–Crippen LogP) is 3.36. The van der Waals surface area contributed by atoms with Crippen molar-refractivity contribution in [2.75, 3.05) is 33.9 Å². The molecule has 0 radical (unpaired) electrons. The normalized spacial score (nSPS) is 18.9. The first-order chi connectivity index (χ1) is 15.7. The molecule has 7 heteroatoms. The number of likely N-dealkylation sites (tertiary alicyclic amines) is 1. The fourth-order valence-corrected chi connectivity index (χ4v) is 4.36. The Balaban J connectivity index is 1.81. The molecule has 2 atom stereocenters. The van der Waals surface area contributed by atoms with E-state index in [1.54, 1.807) is 20.4 Å². The summed E-state index contributed by atoms with van der Waals surface area (Å²) in [5, 5.41) is 14.9. The summed E-state index contributed by atoms with van der Waals surface area (Å²) in [7, 11) is 3.30. The van der Waals surface area contributed by atoms with Gasteiger partial charge in [0, 0.05) is 42.2 Å². The Hall–Kier alpha value is -2.64. The van der Waals surface area contributed by atoms with E-state index in [1.165, 1.54) is 0 Å². The molecule has 180 valence electrons. The first kappa shape index (κ1) is 25.0. The number of piperidine rings is 1. The minimum atomic E-state index is -1.26. The fraction of sp³-hybridized carbons (Fsp3) is 0.538. The second-order valence-electron chi connectivity index (χ2n) is 9.82. The average Bonchev–Trinajstić information content (AvgIpc) is 2.82. The van der Waals surface area contributed by atoms with Crippen molar-refractivity contribution in [3.05, 3.63) is 53.9 Å². The number of nitrogens with zero attached hydrogens (tertiary/aromatic N) is 2. The highest BCUT2D eigenvalue weighted by molar-refractivity contribution is 5.81. The van der Waals surface area contributed by atoms with E-state index in [9.17, 15) is 9.90 Å². The molecule has 2 heterocycles. The van der Waals surface area contributed by atoms with Crippen LogP contribution in [0.3, 0.4) is 0 Å². The highest BCUT2D eigenvalue weighted by Gasteiger charge is 2.42. The molecule has 2 N–H and O–H groups in total. The molecule has 0 unspecified atom stereocenters. The van der Waals surface area contributed by atoms with Gasteiger partial charge in [0.05, 0.1) is 26.5 Å². The van der Waals surface area contributed by atoms with Gasteiger partial charge in [-0.05, 0) is 37.6 Å². The Bertz CT molecular complexity index is 929. The Labute approximate surface area is 197 Å². The Morgan fingerprint density at radius 2 is 2.00 bits per heavy atom. The maximum absolute atomic E-state index is 12.6. The minimum Gasteiger partial charge on any atom is -0.497 e. The molecule has 1 aliphatic heterocycles.